The number of aromatic nitrogens is 1. The van der Waals surface area contributed by atoms with Crippen molar-refractivity contribution < 1.29 is 14.2 Å². The monoisotopic (exact) mass is 368 g/mol. The number of rotatable bonds is 8. The largest absolute Gasteiger partial charge is 0.497 e. The van der Waals surface area contributed by atoms with Crippen LogP contribution in [0.1, 0.15) is 24.0 Å². The lowest BCUT2D eigenvalue weighted by atomic mass is 9.79. The summed E-state index contributed by atoms with van der Waals surface area (Å²) >= 11 is 0. The van der Waals surface area contributed by atoms with Crippen molar-refractivity contribution in [3.8, 4) is 5.75 Å². The van der Waals surface area contributed by atoms with Crippen LogP contribution in [0.2, 0.25) is 0 Å². The molecular formula is C22H28N2O3. The predicted octanol–water partition coefficient (Wildman–Crippen LogP) is 3.29. The van der Waals surface area contributed by atoms with Crippen molar-refractivity contribution in [2.24, 2.45) is 5.92 Å². The van der Waals surface area contributed by atoms with E-state index in [0.717, 1.165) is 51.4 Å². The highest BCUT2D eigenvalue weighted by Crippen LogP contribution is 2.42. The molecule has 27 heavy (non-hydrogen) atoms. The van der Waals surface area contributed by atoms with Crippen molar-refractivity contribution >= 4 is 0 Å². The third-order valence-electron chi connectivity index (χ3n) is 5.78. The maximum Gasteiger partial charge on any atom is 0.118 e. The summed E-state index contributed by atoms with van der Waals surface area (Å²) in [7, 11) is 1.70. The zero-order valence-corrected chi connectivity index (χ0v) is 16.0. The second-order valence-corrected chi connectivity index (χ2v) is 7.59. The Bertz CT molecular complexity index is 714. The van der Waals surface area contributed by atoms with Crippen molar-refractivity contribution in [1.29, 1.82) is 0 Å². The fraction of sp³-hybridized carbons (Fsp3) is 0.500. The smallest absolute Gasteiger partial charge is 0.118 e. The first-order valence-corrected chi connectivity index (χ1v) is 9.73. The van der Waals surface area contributed by atoms with Crippen LogP contribution < -0.4 is 4.74 Å². The quantitative estimate of drug-likeness (QED) is 0.669. The molecule has 4 rings (SSSR count). The average Bonchev–Trinajstić information content (AvgIpc) is 3.10. The van der Waals surface area contributed by atoms with E-state index in [2.05, 4.69) is 22.0 Å². The topological polar surface area (TPSA) is 43.8 Å². The Morgan fingerprint density at radius 3 is 2.63 bits per heavy atom. The van der Waals surface area contributed by atoms with Crippen molar-refractivity contribution in [1.82, 2.24) is 9.88 Å². The highest BCUT2D eigenvalue weighted by Gasteiger charge is 2.52. The maximum absolute atomic E-state index is 6.18. The molecule has 2 saturated heterocycles. The Balaban J connectivity index is 1.21. The molecule has 0 bridgehead atoms. The molecule has 2 aliphatic rings. The van der Waals surface area contributed by atoms with Gasteiger partial charge in [0.1, 0.15) is 5.75 Å². The van der Waals surface area contributed by atoms with Crippen molar-refractivity contribution in [2.75, 3.05) is 33.4 Å². The highest BCUT2D eigenvalue weighted by molar-refractivity contribution is 5.27. The molecule has 0 aliphatic carbocycles. The van der Waals surface area contributed by atoms with Gasteiger partial charge in [-0.3, -0.25) is 9.88 Å². The zero-order valence-electron chi connectivity index (χ0n) is 16.0. The Labute approximate surface area is 161 Å². The molecule has 5 nitrogen and oxygen atoms in total. The van der Waals surface area contributed by atoms with E-state index in [1.165, 1.54) is 11.1 Å². The Morgan fingerprint density at radius 2 is 1.89 bits per heavy atom. The van der Waals surface area contributed by atoms with E-state index in [4.69, 9.17) is 14.2 Å². The number of hydrogen-bond acceptors (Lipinski definition) is 5. The normalized spacial score (nSPS) is 21.3. The number of pyridine rings is 1. The molecule has 2 fully saturated rings. The Hall–Kier alpha value is -1.95. The van der Waals surface area contributed by atoms with Gasteiger partial charge in [-0.2, -0.15) is 0 Å². The van der Waals surface area contributed by atoms with Gasteiger partial charge >= 0.3 is 0 Å². The molecule has 1 aromatic heterocycles. The molecule has 0 amide bonds. The minimum Gasteiger partial charge on any atom is -0.497 e. The Morgan fingerprint density at radius 1 is 1.11 bits per heavy atom. The lowest BCUT2D eigenvalue weighted by Gasteiger charge is -2.50. The molecule has 2 aromatic rings. The number of ether oxygens (including phenoxy) is 3. The number of benzene rings is 1. The second kappa shape index (κ2) is 8.38. The molecule has 1 atom stereocenters. The van der Waals surface area contributed by atoms with Gasteiger partial charge in [0.25, 0.3) is 0 Å². The zero-order chi connectivity index (χ0) is 18.5. The van der Waals surface area contributed by atoms with E-state index >= 15 is 0 Å². The van der Waals surface area contributed by atoms with Crippen LogP contribution in [-0.4, -0.2) is 48.9 Å². The maximum atomic E-state index is 6.18. The van der Waals surface area contributed by atoms with Crippen LogP contribution in [0.4, 0.5) is 0 Å². The van der Waals surface area contributed by atoms with Crippen molar-refractivity contribution in [2.45, 2.75) is 31.6 Å². The molecule has 5 heteroatoms. The summed E-state index contributed by atoms with van der Waals surface area (Å²) in [6.45, 7) is 5.34. The van der Waals surface area contributed by atoms with E-state index in [-0.39, 0.29) is 5.60 Å². The van der Waals surface area contributed by atoms with Crippen LogP contribution >= 0.6 is 0 Å². The summed E-state index contributed by atoms with van der Waals surface area (Å²) in [6.07, 6.45) is 5.84. The van der Waals surface area contributed by atoms with E-state index in [0.29, 0.717) is 12.5 Å². The van der Waals surface area contributed by atoms with Gasteiger partial charge in [-0.1, -0.05) is 12.1 Å². The van der Waals surface area contributed by atoms with Crippen LogP contribution in [0.5, 0.6) is 5.75 Å². The fourth-order valence-corrected chi connectivity index (χ4v) is 4.25. The van der Waals surface area contributed by atoms with Gasteiger partial charge in [0.2, 0.25) is 0 Å². The van der Waals surface area contributed by atoms with Gasteiger partial charge in [-0.25, -0.2) is 0 Å². The number of hydrogen-bond donors (Lipinski definition) is 0. The van der Waals surface area contributed by atoms with E-state index in [1.54, 1.807) is 7.11 Å². The van der Waals surface area contributed by atoms with Gasteiger partial charge in [-0.05, 0) is 54.2 Å². The molecule has 2 aliphatic heterocycles. The summed E-state index contributed by atoms with van der Waals surface area (Å²) < 4.78 is 17.3. The van der Waals surface area contributed by atoms with Gasteiger partial charge in [-0.15, -0.1) is 0 Å². The second-order valence-electron chi connectivity index (χ2n) is 7.59. The number of methoxy groups -OCH3 is 1. The molecule has 0 radical (unpaired) electrons. The summed E-state index contributed by atoms with van der Waals surface area (Å²) in [6, 6.07) is 12.3. The molecule has 0 N–H and O–H groups in total. The SMILES string of the molecule is COc1ccc(CN2CC3(C2)OCC[C@H]3CCOCc2ccncc2)cc1. The van der Waals surface area contributed by atoms with Crippen LogP contribution in [-0.2, 0) is 22.6 Å². The third kappa shape index (κ3) is 4.32. The Kier molecular flexibility index (Phi) is 5.72. The minimum absolute atomic E-state index is 0.0481. The first kappa shape index (κ1) is 18.4. The molecule has 1 spiro atoms. The first-order valence-electron chi connectivity index (χ1n) is 9.73. The summed E-state index contributed by atoms with van der Waals surface area (Å²) in [5.74, 6) is 1.51. The highest BCUT2D eigenvalue weighted by atomic mass is 16.5. The molecule has 1 aromatic carbocycles. The average molecular weight is 368 g/mol. The van der Waals surface area contributed by atoms with E-state index in [1.807, 2.05) is 36.7 Å². The lowest BCUT2D eigenvalue weighted by molar-refractivity contribution is -0.139. The first-order chi connectivity index (χ1) is 13.3. The summed E-state index contributed by atoms with van der Waals surface area (Å²) in [5.41, 5.74) is 2.55. The van der Waals surface area contributed by atoms with Gasteiger partial charge in [0.15, 0.2) is 0 Å². The number of nitrogens with zero attached hydrogens (tertiary/aromatic N) is 2. The van der Waals surface area contributed by atoms with Crippen LogP contribution in [0.25, 0.3) is 0 Å². The summed E-state index contributed by atoms with van der Waals surface area (Å²) in [5, 5.41) is 0. The van der Waals surface area contributed by atoms with Crippen LogP contribution in [0.15, 0.2) is 48.8 Å². The van der Waals surface area contributed by atoms with E-state index in [9.17, 15) is 0 Å². The van der Waals surface area contributed by atoms with Gasteiger partial charge in [0.05, 0.1) is 19.3 Å². The van der Waals surface area contributed by atoms with E-state index < -0.39 is 0 Å². The van der Waals surface area contributed by atoms with Crippen molar-refractivity contribution in [3.63, 3.8) is 0 Å². The van der Waals surface area contributed by atoms with Gasteiger partial charge < -0.3 is 14.2 Å². The van der Waals surface area contributed by atoms with Gasteiger partial charge in [0, 0.05) is 45.2 Å². The molecular weight excluding hydrogens is 340 g/mol. The lowest BCUT2D eigenvalue weighted by Crippen LogP contribution is -2.64. The number of likely N-dealkylation sites (tertiary alicyclic amines) is 1. The third-order valence-corrected chi connectivity index (χ3v) is 5.78. The summed E-state index contributed by atoms with van der Waals surface area (Å²) in [4.78, 5) is 6.51. The standard InChI is InChI=1S/C22H28N2O3/c1-25-21-4-2-18(3-5-21)14-24-16-22(17-24)20(9-13-27-22)8-12-26-15-19-6-10-23-11-7-19/h2-7,10-11,20H,8-9,12-17H2,1H3/t20-/m1/s1. The molecule has 3 heterocycles. The van der Waals surface area contributed by atoms with Crippen LogP contribution in [0.3, 0.4) is 0 Å². The minimum atomic E-state index is 0.0481. The molecule has 0 saturated carbocycles. The molecule has 144 valence electrons. The van der Waals surface area contributed by atoms with Crippen molar-refractivity contribution in [3.05, 3.63) is 59.9 Å². The predicted molar refractivity (Wildman–Crippen MR) is 104 cm³/mol. The van der Waals surface area contributed by atoms with Crippen LogP contribution in [0, 0.1) is 5.92 Å². The fourth-order valence-electron chi connectivity index (χ4n) is 4.25. The molecule has 0 unspecified atom stereocenters.